The summed E-state index contributed by atoms with van der Waals surface area (Å²) >= 11 is 0. The molecule has 0 amide bonds. The van der Waals surface area contributed by atoms with Crippen molar-refractivity contribution in [2.45, 2.75) is 6.42 Å². The highest BCUT2D eigenvalue weighted by atomic mass is 16.4. The fourth-order valence-electron chi connectivity index (χ4n) is 1.83. The van der Waals surface area contributed by atoms with Gasteiger partial charge in [0.25, 0.3) is 0 Å². The standard InChI is InChI=1S/C15H12O4/c16-14(17)9-10-2-1-3-13(8-10)11-4-6-12(7-5-11)15(18)19/h1-8H,9H2,(H,16,17)(H,18,19)/p-2. The molecule has 2 aromatic carbocycles. The highest BCUT2D eigenvalue weighted by Crippen LogP contribution is 2.21. The van der Waals surface area contributed by atoms with Gasteiger partial charge in [0.2, 0.25) is 0 Å². The van der Waals surface area contributed by atoms with Crippen LogP contribution < -0.4 is 10.2 Å². The molecule has 0 aliphatic rings. The minimum Gasteiger partial charge on any atom is -0.550 e. The molecule has 0 saturated carbocycles. The van der Waals surface area contributed by atoms with E-state index in [-0.39, 0.29) is 12.0 Å². The predicted octanol–water partition coefficient (Wildman–Crippen LogP) is 0.00950. The number of rotatable bonds is 4. The number of aliphatic carboxylic acids is 1. The molecule has 0 N–H and O–H groups in total. The summed E-state index contributed by atoms with van der Waals surface area (Å²) in [7, 11) is 0. The van der Waals surface area contributed by atoms with Gasteiger partial charge in [0.1, 0.15) is 0 Å². The second-order valence-electron chi connectivity index (χ2n) is 4.11. The highest BCUT2D eigenvalue weighted by Gasteiger charge is 2.01. The molecular formula is C15H10O4-2. The van der Waals surface area contributed by atoms with Crippen LogP contribution in [-0.2, 0) is 11.2 Å². The number of carbonyl (C=O) groups excluding carboxylic acids is 2. The van der Waals surface area contributed by atoms with E-state index >= 15 is 0 Å². The van der Waals surface area contributed by atoms with Gasteiger partial charge in [-0.25, -0.2) is 0 Å². The average Bonchev–Trinajstić information content (AvgIpc) is 2.38. The van der Waals surface area contributed by atoms with Crippen molar-refractivity contribution in [3.8, 4) is 11.1 Å². The first-order valence-corrected chi connectivity index (χ1v) is 5.67. The molecule has 0 bridgehead atoms. The monoisotopic (exact) mass is 254 g/mol. The molecule has 0 aliphatic carbocycles. The van der Waals surface area contributed by atoms with Crippen LogP contribution >= 0.6 is 0 Å². The number of aromatic carboxylic acids is 1. The third-order valence-corrected chi connectivity index (χ3v) is 2.73. The first-order valence-electron chi connectivity index (χ1n) is 5.67. The summed E-state index contributed by atoms with van der Waals surface area (Å²) in [6.07, 6.45) is -0.148. The van der Waals surface area contributed by atoms with E-state index in [1.54, 1.807) is 30.3 Å². The van der Waals surface area contributed by atoms with Crippen molar-refractivity contribution in [3.63, 3.8) is 0 Å². The SMILES string of the molecule is O=C([O-])Cc1cccc(-c2ccc(C(=O)[O-])cc2)c1. The van der Waals surface area contributed by atoms with Crippen LogP contribution in [0, 0.1) is 0 Å². The molecule has 2 rings (SSSR count). The molecule has 0 fully saturated rings. The second-order valence-corrected chi connectivity index (χ2v) is 4.11. The quantitative estimate of drug-likeness (QED) is 0.769. The summed E-state index contributed by atoms with van der Waals surface area (Å²) in [6.45, 7) is 0. The van der Waals surface area contributed by atoms with Gasteiger partial charge in [0.05, 0.1) is 5.97 Å². The lowest BCUT2D eigenvalue weighted by Gasteiger charge is -2.08. The fourth-order valence-corrected chi connectivity index (χ4v) is 1.83. The van der Waals surface area contributed by atoms with E-state index in [0.29, 0.717) is 5.56 Å². The Morgan fingerprint density at radius 1 is 0.895 bits per heavy atom. The largest absolute Gasteiger partial charge is 0.550 e. The zero-order valence-corrected chi connectivity index (χ0v) is 9.96. The van der Waals surface area contributed by atoms with Crippen LogP contribution in [0.1, 0.15) is 15.9 Å². The molecule has 0 saturated heterocycles. The van der Waals surface area contributed by atoms with Gasteiger partial charge in [0, 0.05) is 12.4 Å². The summed E-state index contributed by atoms with van der Waals surface area (Å²) in [5, 5.41) is 21.2. The molecule has 0 spiro atoms. The normalized spacial score (nSPS) is 10.1. The van der Waals surface area contributed by atoms with E-state index in [2.05, 4.69) is 0 Å². The summed E-state index contributed by atoms with van der Waals surface area (Å²) in [4.78, 5) is 21.2. The summed E-state index contributed by atoms with van der Waals surface area (Å²) in [5.74, 6) is -2.36. The van der Waals surface area contributed by atoms with Gasteiger partial charge in [0.15, 0.2) is 0 Å². The topological polar surface area (TPSA) is 80.3 Å². The van der Waals surface area contributed by atoms with E-state index < -0.39 is 11.9 Å². The third-order valence-electron chi connectivity index (χ3n) is 2.73. The molecule has 0 heterocycles. The molecule has 4 heteroatoms. The first-order chi connectivity index (χ1) is 9.06. The zero-order valence-electron chi connectivity index (χ0n) is 9.96. The highest BCUT2D eigenvalue weighted by molar-refractivity contribution is 5.86. The molecule has 2 aromatic rings. The van der Waals surface area contributed by atoms with Crippen molar-refractivity contribution in [3.05, 3.63) is 59.7 Å². The Bertz CT molecular complexity index is 614. The van der Waals surface area contributed by atoms with Crippen LogP contribution in [-0.4, -0.2) is 11.9 Å². The van der Waals surface area contributed by atoms with Gasteiger partial charge >= 0.3 is 0 Å². The Kier molecular flexibility index (Phi) is 3.61. The number of carboxylic acids is 2. The van der Waals surface area contributed by atoms with E-state index in [1.165, 1.54) is 12.1 Å². The Hall–Kier alpha value is -2.62. The summed E-state index contributed by atoms with van der Waals surface area (Å²) < 4.78 is 0. The lowest BCUT2D eigenvalue weighted by Crippen LogP contribution is -2.24. The third kappa shape index (κ3) is 3.19. The number of hydrogen-bond acceptors (Lipinski definition) is 4. The maximum absolute atomic E-state index is 10.6. The number of hydrogen-bond donors (Lipinski definition) is 0. The minimum atomic E-state index is -1.22. The van der Waals surface area contributed by atoms with Crippen molar-refractivity contribution >= 4 is 11.9 Å². The molecule has 96 valence electrons. The van der Waals surface area contributed by atoms with Gasteiger partial charge in [-0.1, -0.05) is 48.5 Å². The predicted molar refractivity (Wildman–Crippen MR) is 64.9 cm³/mol. The van der Waals surface area contributed by atoms with Crippen LogP contribution in [0.15, 0.2) is 48.5 Å². The van der Waals surface area contributed by atoms with Crippen molar-refractivity contribution < 1.29 is 19.8 Å². The zero-order chi connectivity index (χ0) is 13.8. The van der Waals surface area contributed by atoms with Crippen molar-refractivity contribution in [1.82, 2.24) is 0 Å². The van der Waals surface area contributed by atoms with Gasteiger partial charge in [-0.05, 0) is 22.3 Å². The molecule has 0 aromatic heterocycles. The van der Waals surface area contributed by atoms with Crippen molar-refractivity contribution in [1.29, 1.82) is 0 Å². The summed E-state index contributed by atoms with van der Waals surface area (Å²) in [6, 6.07) is 13.2. The Morgan fingerprint density at radius 2 is 1.58 bits per heavy atom. The Morgan fingerprint density at radius 3 is 2.16 bits per heavy atom. The van der Waals surface area contributed by atoms with Crippen LogP contribution in [0.2, 0.25) is 0 Å². The van der Waals surface area contributed by atoms with Gasteiger partial charge in [-0.3, -0.25) is 0 Å². The van der Waals surface area contributed by atoms with Crippen LogP contribution in [0.5, 0.6) is 0 Å². The molecule has 0 aliphatic heterocycles. The van der Waals surface area contributed by atoms with E-state index in [1.807, 2.05) is 6.07 Å². The number of benzene rings is 2. The maximum Gasteiger partial charge on any atom is 0.0715 e. The van der Waals surface area contributed by atoms with E-state index in [4.69, 9.17) is 0 Å². The molecule has 4 nitrogen and oxygen atoms in total. The van der Waals surface area contributed by atoms with Crippen molar-refractivity contribution in [2.24, 2.45) is 0 Å². The summed E-state index contributed by atoms with van der Waals surface area (Å²) in [5.41, 5.74) is 2.38. The lowest BCUT2D eigenvalue weighted by molar-refractivity contribution is -0.304. The molecule has 0 unspecified atom stereocenters. The van der Waals surface area contributed by atoms with Crippen molar-refractivity contribution in [2.75, 3.05) is 0 Å². The molecule has 19 heavy (non-hydrogen) atoms. The molecule has 0 radical (unpaired) electrons. The number of carbonyl (C=O) groups is 2. The van der Waals surface area contributed by atoms with Crippen LogP contribution in [0.3, 0.4) is 0 Å². The fraction of sp³-hybridized carbons (Fsp3) is 0.0667. The minimum absolute atomic E-state index is 0.106. The first kappa shape index (κ1) is 12.8. The second kappa shape index (κ2) is 5.35. The lowest BCUT2D eigenvalue weighted by atomic mass is 10.0. The van der Waals surface area contributed by atoms with E-state index in [0.717, 1.165) is 11.1 Å². The van der Waals surface area contributed by atoms with Gasteiger partial charge in [-0.2, -0.15) is 0 Å². The van der Waals surface area contributed by atoms with E-state index in [9.17, 15) is 19.8 Å². The van der Waals surface area contributed by atoms with Crippen LogP contribution in [0.4, 0.5) is 0 Å². The Balaban J connectivity index is 2.30. The smallest absolute Gasteiger partial charge is 0.0715 e. The average molecular weight is 254 g/mol. The maximum atomic E-state index is 10.6. The Labute approximate surface area is 109 Å². The van der Waals surface area contributed by atoms with Crippen LogP contribution in [0.25, 0.3) is 11.1 Å². The molecular weight excluding hydrogens is 244 g/mol. The number of carboxylic acid groups (broad SMARTS) is 2. The van der Waals surface area contributed by atoms with Gasteiger partial charge in [-0.15, -0.1) is 0 Å². The van der Waals surface area contributed by atoms with Gasteiger partial charge < -0.3 is 19.8 Å². The molecule has 0 atom stereocenters.